The minimum absolute atomic E-state index is 0.0428. The van der Waals surface area contributed by atoms with Gasteiger partial charge in [0.2, 0.25) is 65.0 Å². The van der Waals surface area contributed by atoms with E-state index >= 15 is 0 Å². The minimum atomic E-state index is -1.72. The lowest BCUT2D eigenvalue weighted by Gasteiger charge is -2.29. The van der Waals surface area contributed by atoms with E-state index in [4.69, 9.17) is 34.4 Å². The van der Waals surface area contributed by atoms with Crippen molar-refractivity contribution in [3.05, 3.63) is 35.9 Å². The van der Waals surface area contributed by atoms with Gasteiger partial charge in [0.1, 0.15) is 60.4 Å². The van der Waals surface area contributed by atoms with Crippen molar-refractivity contribution in [1.82, 2.24) is 58.5 Å². The molecule has 0 aromatic heterocycles. The fourth-order valence-electron chi connectivity index (χ4n) is 10.1. The van der Waals surface area contributed by atoms with E-state index in [1.807, 2.05) is 0 Å². The molecule has 1 saturated carbocycles. The van der Waals surface area contributed by atoms with Crippen molar-refractivity contribution in [2.24, 2.45) is 46.2 Å². The van der Waals surface area contributed by atoms with Gasteiger partial charge in [0.05, 0.1) is 12.2 Å². The second kappa shape index (κ2) is 38.3. The van der Waals surface area contributed by atoms with Crippen LogP contribution in [0.1, 0.15) is 117 Å². The van der Waals surface area contributed by atoms with Crippen molar-refractivity contribution >= 4 is 65.0 Å². The van der Waals surface area contributed by atoms with Crippen molar-refractivity contribution < 1.29 is 63.0 Å². The normalized spacial score (nSPS) is 24.1. The first kappa shape index (κ1) is 73.3. The van der Waals surface area contributed by atoms with Crippen LogP contribution in [0, 0.1) is 11.8 Å². The molecule has 2 aliphatic rings. The molecule has 484 valence electrons. The maximum absolute atomic E-state index is 14.6. The average Bonchev–Trinajstić information content (AvgIpc) is 3.62. The van der Waals surface area contributed by atoms with Crippen LogP contribution < -0.4 is 92.9 Å². The molecule has 11 amide bonds. The van der Waals surface area contributed by atoms with E-state index in [0.717, 1.165) is 32.1 Å². The van der Waals surface area contributed by atoms with Crippen molar-refractivity contribution in [2.75, 3.05) is 39.3 Å². The number of nitrogens with one attached hydrogen (secondary N) is 11. The van der Waals surface area contributed by atoms with Gasteiger partial charge in [-0.15, -0.1) is 0 Å². The number of carbonyl (C=O) groups excluding carboxylic acids is 11. The lowest BCUT2D eigenvalue weighted by atomic mass is 9.83. The summed E-state index contributed by atoms with van der Waals surface area (Å²) < 4.78 is 0. The Kier molecular flexibility index (Phi) is 32.6. The monoisotopic (exact) mass is 1220 g/mol. The minimum Gasteiger partial charge on any atom is -0.391 e. The number of hydrogen-bond donors (Lipinski definition) is 19. The van der Waals surface area contributed by atoms with Crippen LogP contribution in [0.3, 0.4) is 0 Å². The highest BCUT2D eigenvalue weighted by atomic mass is 16.3. The van der Waals surface area contributed by atoms with Crippen molar-refractivity contribution in [2.45, 2.75) is 196 Å². The predicted octanol–water partition coefficient (Wildman–Crippen LogP) is -6.55. The molecule has 1 saturated heterocycles. The molecule has 30 heteroatoms. The highest BCUT2D eigenvalue weighted by Crippen LogP contribution is 2.27. The van der Waals surface area contributed by atoms with Crippen LogP contribution >= 0.6 is 0 Å². The summed E-state index contributed by atoms with van der Waals surface area (Å²) in [4.78, 5) is 154. The Bertz CT molecular complexity index is 2380. The molecule has 0 bridgehead atoms. The molecule has 3 rings (SSSR count). The van der Waals surface area contributed by atoms with Crippen LogP contribution in [-0.4, -0.2) is 193 Å². The summed E-state index contributed by atoms with van der Waals surface area (Å²) in [6.07, 6.45) is 0.192. The second-order valence-electron chi connectivity index (χ2n) is 22.6. The SMILES string of the molecule is CC(C)C[C@@H]1NC(=O)[C@@H](Cc2ccccc2)NC(=O)[C@H](CCN)NC(=O)[C@@H](NC(=O)[C@H](CCN)NC(=O)[C@@H](NC(=O)[C@H](CCN)NC(=O)CC(N)C2CCCCC2)C(C)O)CCNC(=O)[C@H](C(C)O)NC(=O)[C@H](CCN)NC(=O)[C@H](CCN)NC1=O. The van der Waals surface area contributed by atoms with Gasteiger partial charge in [0, 0.05) is 25.4 Å². The zero-order chi connectivity index (χ0) is 64.0. The lowest BCUT2D eigenvalue weighted by Crippen LogP contribution is -2.62. The first-order chi connectivity index (χ1) is 40.9. The number of amides is 11. The Morgan fingerprint density at radius 2 is 1.05 bits per heavy atom. The molecule has 3 unspecified atom stereocenters. The third-order valence-corrected chi connectivity index (χ3v) is 14.9. The fourth-order valence-corrected chi connectivity index (χ4v) is 10.1. The van der Waals surface area contributed by atoms with E-state index in [1.165, 1.54) is 13.8 Å². The molecule has 25 N–H and O–H groups in total. The smallest absolute Gasteiger partial charge is 0.245 e. The summed E-state index contributed by atoms with van der Waals surface area (Å²) in [6, 6.07) is -6.81. The van der Waals surface area contributed by atoms with E-state index in [9.17, 15) is 63.0 Å². The lowest BCUT2D eigenvalue weighted by molar-refractivity contribution is -0.137. The van der Waals surface area contributed by atoms with Crippen LogP contribution in [0.25, 0.3) is 0 Å². The van der Waals surface area contributed by atoms with Crippen LogP contribution in [0.4, 0.5) is 0 Å². The summed E-state index contributed by atoms with van der Waals surface area (Å²) in [7, 11) is 0. The average molecular weight is 1220 g/mol. The van der Waals surface area contributed by atoms with Crippen LogP contribution in [0.15, 0.2) is 30.3 Å². The first-order valence-corrected chi connectivity index (χ1v) is 29.8. The van der Waals surface area contributed by atoms with Gasteiger partial charge < -0.3 is 103 Å². The third kappa shape index (κ3) is 24.8. The van der Waals surface area contributed by atoms with Crippen LogP contribution in [0.2, 0.25) is 0 Å². The molecular weight excluding hydrogens is 1120 g/mol. The standard InChI is InChI=1S/C56H97N17O13/c1-30(2)27-42-53(83)67-37(16-22-58)47(77)66-40(19-25-61)52(82)72-45(31(3)74)55(85)63-26-20-41(50(80)65-38(17-23-59)49(79)71-43(54(84)70-42)28-33-11-7-5-8-12-33)68-48(78)39(18-24-60)69-56(86)46(32(4)75)73-51(81)36(15-21-57)64-44(76)29-35(62)34-13-9-6-10-14-34/h5,7-8,11-12,30-32,34-43,45-46,74-75H,6,9-10,13-29,57-62H2,1-4H3,(H,63,85)(H,64,76)(H,65,80)(H,66,77)(H,67,83)(H,68,78)(H,69,86)(H,70,84)(H,71,79)(H,72,82)(H,73,81)/t31?,32?,35?,36-,37-,38-,39-,40-,41-,42-,43+,45-,46-/m0/s1. The molecule has 1 heterocycles. The molecule has 0 radical (unpaired) electrons. The number of rotatable bonds is 26. The van der Waals surface area contributed by atoms with Gasteiger partial charge in [-0.1, -0.05) is 63.4 Å². The zero-order valence-corrected chi connectivity index (χ0v) is 50.0. The van der Waals surface area contributed by atoms with E-state index in [0.29, 0.717) is 5.56 Å². The van der Waals surface area contributed by atoms with Crippen molar-refractivity contribution in [1.29, 1.82) is 0 Å². The second-order valence-corrected chi connectivity index (χ2v) is 22.6. The van der Waals surface area contributed by atoms with Gasteiger partial charge >= 0.3 is 0 Å². The molecule has 0 spiro atoms. The Morgan fingerprint density at radius 3 is 1.56 bits per heavy atom. The van der Waals surface area contributed by atoms with E-state index in [2.05, 4.69) is 58.5 Å². The number of benzene rings is 1. The van der Waals surface area contributed by atoms with Gasteiger partial charge in [-0.25, -0.2) is 0 Å². The number of nitrogens with two attached hydrogens (primary N) is 6. The molecular formula is C56H97N17O13. The third-order valence-electron chi connectivity index (χ3n) is 14.9. The summed E-state index contributed by atoms with van der Waals surface area (Å²) in [5, 5.41) is 49.7. The maximum Gasteiger partial charge on any atom is 0.245 e. The van der Waals surface area contributed by atoms with E-state index in [-0.39, 0.29) is 95.9 Å². The molecule has 13 atom stereocenters. The fraction of sp³-hybridized carbons (Fsp3) is 0.696. The van der Waals surface area contributed by atoms with Gasteiger partial charge in [-0.3, -0.25) is 52.7 Å². The highest BCUT2D eigenvalue weighted by molar-refractivity contribution is 5.99. The molecule has 1 aromatic rings. The Morgan fingerprint density at radius 1 is 0.558 bits per heavy atom. The molecule has 2 fully saturated rings. The van der Waals surface area contributed by atoms with E-state index < -0.39 is 157 Å². The topological polar surface area (TPSA) is 517 Å². The summed E-state index contributed by atoms with van der Waals surface area (Å²) in [5.41, 5.74) is 36.3. The Labute approximate surface area is 502 Å². The summed E-state index contributed by atoms with van der Waals surface area (Å²) in [5.74, 6) is -9.98. The maximum atomic E-state index is 14.6. The number of aliphatic hydroxyl groups is 2. The van der Waals surface area contributed by atoms with Gasteiger partial charge in [-0.2, -0.15) is 0 Å². The molecule has 1 aliphatic heterocycles. The highest BCUT2D eigenvalue weighted by Gasteiger charge is 2.38. The number of aliphatic hydroxyl groups excluding tert-OH is 2. The molecule has 86 heavy (non-hydrogen) atoms. The number of carbonyl (C=O) groups is 11. The Balaban J connectivity index is 2.06. The molecule has 30 nitrogen and oxygen atoms in total. The van der Waals surface area contributed by atoms with Crippen molar-refractivity contribution in [3.8, 4) is 0 Å². The van der Waals surface area contributed by atoms with Crippen LogP contribution in [0.5, 0.6) is 0 Å². The zero-order valence-electron chi connectivity index (χ0n) is 50.0. The van der Waals surface area contributed by atoms with Gasteiger partial charge in [-0.05, 0) is 122 Å². The van der Waals surface area contributed by atoms with E-state index in [1.54, 1.807) is 44.2 Å². The first-order valence-electron chi connectivity index (χ1n) is 29.8. The van der Waals surface area contributed by atoms with Crippen LogP contribution in [-0.2, 0) is 59.2 Å². The van der Waals surface area contributed by atoms with Gasteiger partial charge in [0.15, 0.2) is 0 Å². The summed E-state index contributed by atoms with van der Waals surface area (Å²) in [6.45, 7) is 4.75. The molecule has 1 aliphatic carbocycles. The predicted molar refractivity (Wildman–Crippen MR) is 317 cm³/mol. The van der Waals surface area contributed by atoms with Gasteiger partial charge in [0.25, 0.3) is 0 Å². The Hall–Kier alpha value is -6.93. The van der Waals surface area contributed by atoms with Crippen molar-refractivity contribution in [3.63, 3.8) is 0 Å². The largest absolute Gasteiger partial charge is 0.391 e. The quantitative estimate of drug-likeness (QED) is 0.0410. The molecule has 1 aromatic carbocycles. The summed E-state index contributed by atoms with van der Waals surface area (Å²) >= 11 is 0. The number of hydrogen-bond acceptors (Lipinski definition) is 19.